The van der Waals surface area contributed by atoms with Crippen LogP contribution >= 0.6 is 0 Å². The molecule has 0 bridgehead atoms. The predicted octanol–water partition coefficient (Wildman–Crippen LogP) is -0.124. The molecule has 8 heavy (non-hydrogen) atoms. The third kappa shape index (κ3) is 5.88. The molecule has 0 aliphatic rings. The molecule has 3 N–H and O–H groups in total. The maximum absolute atomic E-state index is 5.04. The van der Waals surface area contributed by atoms with E-state index in [1.54, 1.807) is 0 Å². The van der Waals surface area contributed by atoms with Crippen molar-refractivity contribution in [3.05, 3.63) is 0 Å². The van der Waals surface area contributed by atoms with E-state index in [4.69, 9.17) is 10.6 Å². The summed E-state index contributed by atoms with van der Waals surface area (Å²) in [4.78, 5) is 0. The third-order valence-corrected chi connectivity index (χ3v) is 0.814. The highest BCUT2D eigenvalue weighted by Gasteiger charge is 1.81. The molecule has 0 radical (unpaired) electrons. The van der Waals surface area contributed by atoms with Crippen molar-refractivity contribution >= 4 is 0 Å². The van der Waals surface area contributed by atoms with Crippen molar-refractivity contribution in [3.63, 3.8) is 0 Å². The zero-order valence-electron chi connectivity index (χ0n) is 5.31. The van der Waals surface area contributed by atoms with E-state index in [-0.39, 0.29) is 0 Å². The van der Waals surface area contributed by atoms with Crippen LogP contribution in [0.5, 0.6) is 0 Å². The van der Waals surface area contributed by atoms with E-state index in [1.807, 2.05) is 6.92 Å². The Hall–Kier alpha value is -0.120. The van der Waals surface area contributed by atoms with Crippen LogP contribution in [-0.4, -0.2) is 19.8 Å². The lowest BCUT2D eigenvalue weighted by Crippen LogP contribution is -2.23. The lowest BCUT2D eigenvalue weighted by Gasteiger charge is -1.98. The van der Waals surface area contributed by atoms with Gasteiger partial charge in [0.15, 0.2) is 0 Å². The Morgan fingerprint density at radius 3 is 2.88 bits per heavy atom. The van der Waals surface area contributed by atoms with Gasteiger partial charge in [0.2, 0.25) is 0 Å². The van der Waals surface area contributed by atoms with Gasteiger partial charge in [-0.15, -0.1) is 0 Å². The summed E-state index contributed by atoms with van der Waals surface area (Å²) >= 11 is 0. The van der Waals surface area contributed by atoms with Gasteiger partial charge in [0.25, 0.3) is 0 Å². The van der Waals surface area contributed by atoms with Crippen molar-refractivity contribution in [3.8, 4) is 0 Å². The van der Waals surface area contributed by atoms with E-state index in [0.717, 1.165) is 26.2 Å². The van der Waals surface area contributed by atoms with Gasteiger partial charge in [-0.25, -0.2) is 0 Å². The highest BCUT2D eigenvalue weighted by Crippen LogP contribution is 1.77. The van der Waals surface area contributed by atoms with E-state index in [9.17, 15) is 0 Å². The molecule has 0 heterocycles. The smallest absolute Gasteiger partial charge is 0.0478 e. The summed E-state index contributed by atoms with van der Waals surface area (Å²) in [5.74, 6) is 5.01. The Kier molecular flexibility index (Phi) is 6.78. The van der Waals surface area contributed by atoms with Crippen molar-refractivity contribution in [1.29, 1.82) is 0 Å². The molecule has 0 saturated heterocycles. The van der Waals surface area contributed by atoms with Gasteiger partial charge in [-0.3, -0.25) is 11.3 Å². The number of rotatable bonds is 5. The van der Waals surface area contributed by atoms with E-state index in [2.05, 4.69) is 5.43 Å². The van der Waals surface area contributed by atoms with Crippen LogP contribution in [0.3, 0.4) is 0 Å². The molecule has 0 aliphatic heterocycles. The van der Waals surface area contributed by atoms with Gasteiger partial charge in [-0.1, -0.05) is 0 Å². The molecular weight excluding hydrogens is 104 g/mol. The maximum atomic E-state index is 5.04. The van der Waals surface area contributed by atoms with E-state index >= 15 is 0 Å². The first kappa shape index (κ1) is 7.88. The maximum Gasteiger partial charge on any atom is 0.0478 e. The fourth-order valence-electron chi connectivity index (χ4n) is 0.421. The molecule has 0 aromatic heterocycles. The molecule has 0 saturated carbocycles. The summed E-state index contributed by atoms with van der Waals surface area (Å²) < 4.78 is 5.04. The minimum atomic E-state index is 0.796. The molecule has 0 rings (SSSR count). The molecule has 0 aromatic rings. The topological polar surface area (TPSA) is 47.3 Å². The summed E-state index contributed by atoms with van der Waals surface area (Å²) in [5.41, 5.74) is 2.55. The van der Waals surface area contributed by atoms with Crippen molar-refractivity contribution < 1.29 is 4.74 Å². The highest BCUT2D eigenvalue weighted by molar-refractivity contribution is 4.35. The Labute approximate surface area is 50.2 Å². The van der Waals surface area contributed by atoms with Crippen LogP contribution in [0.2, 0.25) is 0 Å². The van der Waals surface area contributed by atoms with Gasteiger partial charge in [0.05, 0.1) is 0 Å². The zero-order chi connectivity index (χ0) is 6.24. The van der Waals surface area contributed by atoms with E-state index in [0.29, 0.717) is 0 Å². The fraction of sp³-hybridized carbons (Fsp3) is 1.00. The van der Waals surface area contributed by atoms with Crippen LogP contribution in [0, 0.1) is 0 Å². The normalized spacial score (nSPS) is 9.75. The number of nitrogens with two attached hydrogens (primary N) is 1. The molecule has 50 valence electrons. The summed E-state index contributed by atoms with van der Waals surface area (Å²) in [6, 6.07) is 0. The molecule has 0 atom stereocenters. The van der Waals surface area contributed by atoms with Gasteiger partial charge in [-0.2, -0.15) is 0 Å². The van der Waals surface area contributed by atoms with Gasteiger partial charge in [-0.05, 0) is 13.3 Å². The second-order valence-corrected chi connectivity index (χ2v) is 1.50. The largest absolute Gasteiger partial charge is 0.382 e. The first-order valence-corrected chi connectivity index (χ1v) is 2.93. The number of ether oxygens (including phenoxy) is 1. The van der Waals surface area contributed by atoms with Gasteiger partial charge in [0, 0.05) is 19.8 Å². The second kappa shape index (κ2) is 6.88. The average Bonchev–Trinajstić information content (AvgIpc) is 1.81. The molecular formula is C5H14N2O. The SMILES string of the molecule is CCOCCCNN. The Morgan fingerprint density at radius 1 is 1.62 bits per heavy atom. The monoisotopic (exact) mass is 118 g/mol. The number of nitrogens with one attached hydrogen (secondary N) is 1. The van der Waals surface area contributed by atoms with Crippen LogP contribution in [0.1, 0.15) is 13.3 Å². The molecule has 0 amide bonds. The van der Waals surface area contributed by atoms with E-state index in [1.165, 1.54) is 0 Å². The summed E-state index contributed by atoms with van der Waals surface area (Å²) in [5, 5.41) is 0. The van der Waals surface area contributed by atoms with Crippen molar-refractivity contribution in [2.24, 2.45) is 5.84 Å². The first-order chi connectivity index (χ1) is 3.91. The van der Waals surface area contributed by atoms with Crippen molar-refractivity contribution in [1.82, 2.24) is 5.43 Å². The average molecular weight is 118 g/mol. The highest BCUT2D eigenvalue weighted by atomic mass is 16.5. The van der Waals surface area contributed by atoms with Crippen LogP contribution in [0.25, 0.3) is 0 Å². The lowest BCUT2D eigenvalue weighted by atomic mass is 10.5. The van der Waals surface area contributed by atoms with Crippen LogP contribution in [-0.2, 0) is 4.74 Å². The predicted molar refractivity (Wildman–Crippen MR) is 33.3 cm³/mol. The molecule has 0 aromatic carbocycles. The number of hydrogen-bond donors (Lipinski definition) is 2. The minimum Gasteiger partial charge on any atom is -0.382 e. The summed E-state index contributed by atoms with van der Waals surface area (Å²) in [6.45, 7) is 4.42. The summed E-state index contributed by atoms with van der Waals surface area (Å²) in [6.07, 6.45) is 0.990. The molecule has 0 spiro atoms. The first-order valence-electron chi connectivity index (χ1n) is 2.93. The quantitative estimate of drug-likeness (QED) is 0.300. The molecule has 3 heteroatoms. The van der Waals surface area contributed by atoms with Crippen molar-refractivity contribution in [2.75, 3.05) is 19.8 Å². The van der Waals surface area contributed by atoms with Crippen LogP contribution in [0.4, 0.5) is 0 Å². The minimum absolute atomic E-state index is 0.796. The lowest BCUT2D eigenvalue weighted by molar-refractivity contribution is 0.145. The van der Waals surface area contributed by atoms with Crippen LogP contribution in [0.15, 0.2) is 0 Å². The summed E-state index contributed by atoms with van der Waals surface area (Å²) in [7, 11) is 0. The second-order valence-electron chi connectivity index (χ2n) is 1.50. The van der Waals surface area contributed by atoms with Gasteiger partial charge in [0.1, 0.15) is 0 Å². The Morgan fingerprint density at radius 2 is 2.38 bits per heavy atom. The standard InChI is InChI=1S/C5H14N2O/c1-2-8-5-3-4-7-6/h7H,2-6H2,1H3. The molecule has 0 aliphatic carbocycles. The van der Waals surface area contributed by atoms with Gasteiger partial charge >= 0.3 is 0 Å². The van der Waals surface area contributed by atoms with Crippen LogP contribution < -0.4 is 11.3 Å². The third-order valence-electron chi connectivity index (χ3n) is 0.814. The van der Waals surface area contributed by atoms with Gasteiger partial charge < -0.3 is 4.74 Å². The van der Waals surface area contributed by atoms with Crippen molar-refractivity contribution in [2.45, 2.75) is 13.3 Å². The fourth-order valence-corrected chi connectivity index (χ4v) is 0.421. The molecule has 0 unspecified atom stereocenters. The van der Waals surface area contributed by atoms with E-state index < -0.39 is 0 Å². The Bertz CT molecular complexity index is 35.4. The molecule has 3 nitrogen and oxygen atoms in total. The molecule has 0 fully saturated rings. The zero-order valence-corrected chi connectivity index (χ0v) is 5.31. The Balaban J connectivity index is 2.53. The number of hydrogen-bond acceptors (Lipinski definition) is 3. The number of hydrazine groups is 1.